The van der Waals surface area contributed by atoms with Crippen LogP contribution in [0.25, 0.3) is 0 Å². The second kappa shape index (κ2) is 3.56. The molecule has 0 spiro atoms. The van der Waals surface area contributed by atoms with Gasteiger partial charge in [-0.3, -0.25) is 0 Å². The first-order valence-corrected chi connectivity index (χ1v) is 4.20. The first-order chi connectivity index (χ1) is 6.02. The van der Waals surface area contributed by atoms with Crippen molar-refractivity contribution in [2.45, 2.75) is 0 Å². The van der Waals surface area contributed by atoms with Crippen LogP contribution in [0.1, 0.15) is 0 Å². The highest BCUT2D eigenvalue weighted by Crippen LogP contribution is 2.30. The second-order valence-corrected chi connectivity index (χ2v) is 3.46. The molecule has 13 heavy (non-hydrogen) atoms. The number of phenols is 1. The molecule has 0 aromatic heterocycles. The van der Waals surface area contributed by atoms with Gasteiger partial charge in [0.25, 0.3) is 0 Å². The predicted octanol–water partition coefficient (Wildman–Crippen LogP) is 1.52. The number of hydrogen-bond acceptors (Lipinski definition) is 3. The molecule has 0 fully saturated rings. The molecule has 3 heteroatoms. The number of rotatable bonds is 2. The molecule has 3 nitrogen and oxygen atoms in total. The summed E-state index contributed by atoms with van der Waals surface area (Å²) in [5, 5.41) is 9.32. The molecule has 0 saturated heterocycles. The third kappa shape index (κ3) is 2.05. The van der Waals surface area contributed by atoms with Gasteiger partial charge in [-0.25, -0.2) is 0 Å². The van der Waals surface area contributed by atoms with Crippen LogP contribution in [0.4, 0.5) is 11.4 Å². The molecule has 0 radical (unpaired) electrons. The average Bonchev–Trinajstić information content (AvgIpc) is 2.03. The van der Waals surface area contributed by atoms with Crippen molar-refractivity contribution >= 4 is 11.4 Å². The quantitative estimate of drug-likeness (QED) is 0.747. The fourth-order valence-electron chi connectivity index (χ4n) is 1.25. The highest BCUT2D eigenvalue weighted by Gasteiger charge is 2.06. The van der Waals surface area contributed by atoms with E-state index in [1.54, 1.807) is 12.1 Å². The first kappa shape index (κ1) is 9.71. The molecule has 0 unspecified atom stereocenters. The lowest BCUT2D eigenvalue weighted by Crippen LogP contribution is -2.16. The van der Waals surface area contributed by atoms with Crippen LogP contribution in [-0.2, 0) is 0 Å². The van der Waals surface area contributed by atoms with E-state index in [2.05, 4.69) is 0 Å². The van der Waals surface area contributed by atoms with Crippen molar-refractivity contribution in [2.75, 3.05) is 38.0 Å². The van der Waals surface area contributed by atoms with Crippen LogP contribution in [-0.4, -0.2) is 33.3 Å². The van der Waals surface area contributed by atoms with Gasteiger partial charge in [0, 0.05) is 34.3 Å². The molecule has 1 rings (SSSR count). The smallest absolute Gasteiger partial charge is 0.117 e. The van der Waals surface area contributed by atoms with Gasteiger partial charge in [0.05, 0.1) is 11.4 Å². The number of hydrogen-bond donors (Lipinski definition) is 1. The van der Waals surface area contributed by atoms with Gasteiger partial charge in [-0.15, -0.1) is 0 Å². The van der Waals surface area contributed by atoms with Crippen LogP contribution in [0.2, 0.25) is 0 Å². The highest BCUT2D eigenvalue weighted by molar-refractivity contribution is 5.72. The zero-order valence-corrected chi connectivity index (χ0v) is 8.57. The van der Waals surface area contributed by atoms with Crippen LogP contribution < -0.4 is 9.80 Å². The summed E-state index contributed by atoms with van der Waals surface area (Å²) in [6.07, 6.45) is 0. The maximum absolute atomic E-state index is 9.32. The van der Waals surface area contributed by atoms with E-state index in [0.29, 0.717) is 5.75 Å². The minimum absolute atomic E-state index is 0.300. The summed E-state index contributed by atoms with van der Waals surface area (Å²) in [7, 11) is 7.89. The summed E-state index contributed by atoms with van der Waals surface area (Å²) in [6, 6.07) is 5.36. The van der Waals surface area contributed by atoms with Crippen molar-refractivity contribution < 1.29 is 5.11 Å². The van der Waals surface area contributed by atoms with Crippen molar-refractivity contribution in [3.05, 3.63) is 18.2 Å². The van der Waals surface area contributed by atoms with Crippen LogP contribution in [0.15, 0.2) is 18.2 Å². The van der Waals surface area contributed by atoms with Crippen LogP contribution in [0.5, 0.6) is 5.75 Å². The SMILES string of the molecule is CN(C)c1ccc(O)cc1N(C)C. The molecule has 1 aromatic carbocycles. The fourth-order valence-corrected chi connectivity index (χ4v) is 1.25. The number of anilines is 2. The van der Waals surface area contributed by atoms with Crippen molar-refractivity contribution in [1.29, 1.82) is 0 Å². The minimum Gasteiger partial charge on any atom is -0.508 e. The molecular weight excluding hydrogens is 164 g/mol. The highest BCUT2D eigenvalue weighted by atomic mass is 16.3. The van der Waals surface area contributed by atoms with Gasteiger partial charge in [0.15, 0.2) is 0 Å². The summed E-state index contributed by atoms with van der Waals surface area (Å²) in [6.45, 7) is 0. The molecule has 1 aromatic rings. The van der Waals surface area contributed by atoms with Crippen molar-refractivity contribution in [3.63, 3.8) is 0 Å². The van der Waals surface area contributed by atoms with E-state index in [1.165, 1.54) is 0 Å². The van der Waals surface area contributed by atoms with Crippen LogP contribution in [0.3, 0.4) is 0 Å². The molecule has 0 amide bonds. The molecule has 0 atom stereocenters. The lowest BCUT2D eigenvalue weighted by Gasteiger charge is -2.22. The van der Waals surface area contributed by atoms with Gasteiger partial charge in [0.2, 0.25) is 0 Å². The number of aromatic hydroxyl groups is 1. The Morgan fingerprint density at radius 2 is 1.46 bits per heavy atom. The Morgan fingerprint density at radius 1 is 0.923 bits per heavy atom. The number of benzene rings is 1. The first-order valence-electron chi connectivity index (χ1n) is 4.20. The summed E-state index contributed by atoms with van der Waals surface area (Å²) in [5.74, 6) is 0.300. The number of phenolic OH excluding ortho intramolecular Hbond substituents is 1. The standard InChI is InChI=1S/C10H16N2O/c1-11(2)9-6-5-8(13)7-10(9)12(3)4/h5-7,13H,1-4H3. The summed E-state index contributed by atoms with van der Waals surface area (Å²) >= 11 is 0. The zero-order valence-electron chi connectivity index (χ0n) is 8.57. The van der Waals surface area contributed by atoms with E-state index in [9.17, 15) is 5.11 Å². The summed E-state index contributed by atoms with van der Waals surface area (Å²) < 4.78 is 0. The van der Waals surface area contributed by atoms with Gasteiger partial charge in [0.1, 0.15) is 5.75 Å². The zero-order chi connectivity index (χ0) is 10.0. The maximum atomic E-state index is 9.32. The fraction of sp³-hybridized carbons (Fsp3) is 0.400. The molecule has 0 aliphatic heterocycles. The van der Waals surface area contributed by atoms with E-state index in [0.717, 1.165) is 11.4 Å². The average molecular weight is 180 g/mol. The van der Waals surface area contributed by atoms with Crippen LogP contribution >= 0.6 is 0 Å². The Bertz CT molecular complexity index is 295. The van der Waals surface area contributed by atoms with E-state index in [-0.39, 0.29) is 0 Å². The molecule has 1 N–H and O–H groups in total. The largest absolute Gasteiger partial charge is 0.508 e. The van der Waals surface area contributed by atoms with Crippen molar-refractivity contribution in [2.24, 2.45) is 0 Å². The Morgan fingerprint density at radius 3 is 1.92 bits per heavy atom. The molecule has 0 saturated carbocycles. The summed E-state index contributed by atoms with van der Waals surface area (Å²) in [5.41, 5.74) is 2.12. The van der Waals surface area contributed by atoms with Gasteiger partial charge in [-0.1, -0.05) is 0 Å². The lowest BCUT2D eigenvalue weighted by atomic mass is 10.2. The predicted molar refractivity (Wildman–Crippen MR) is 56.8 cm³/mol. The normalized spacial score (nSPS) is 9.85. The van der Waals surface area contributed by atoms with Gasteiger partial charge < -0.3 is 14.9 Å². The number of nitrogens with zero attached hydrogens (tertiary/aromatic N) is 2. The summed E-state index contributed by atoms with van der Waals surface area (Å²) in [4.78, 5) is 4.00. The molecule has 0 heterocycles. The molecule has 0 aliphatic rings. The molecule has 72 valence electrons. The van der Waals surface area contributed by atoms with E-state index < -0.39 is 0 Å². The monoisotopic (exact) mass is 180 g/mol. The third-order valence-corrected chi connectivity index (χ3v) is 1.92. The van der Waals surface area contributed by atoms with E-state index in [1.807, 2.05) is 44.1 Å². The lowest BCUT2D eigenvalue weighted by molar-refractivity contribution is 0.475. The Balaban J connectivity index is 3.19. The van der Waals surface area contributed by atoms with Crippen LogP contribution in [0, 0.1) is 0 Å². The van der Waals surface area contributed by atoms with Crippen molar-refractivity contribution in [1.82, 2.24) is 0 Å². The van der Waals surface area contributed by atoms with Gasteiger partial charge in [-0.2, -0.15) is 0 Å². The molecular formula is C10H16N2O. The third-order valence-electron chi connectivity index (χ3n) is 1.92. The molecule has 0 bridgehead atoms. The van der Waals surface area contributed by atoms with E-state index >= 15 is 0 Å². The Labute approximate surface area is 79.2 Å². The molecule has 0 aliphatic carbocycles. The topological polar surface area (TPSA) is 26.7 Å². The van der Waals surface area contributed by atoms with Crippen molar-refractivity contribution in [3.8, 4) is 5.75 Å². The minimum atomic E-state index is 0.300. The van der Waals surface area contributed by atoms with Gasteiger partial charge >= 0.3 is 0 Å². The Hall–Kier alpha value is -1.38. The van der Waals surface area contributed by atoms with Gasteiger partial charge in [-0.05, 0) is 12.1 Å². The van der Waals surface area contributed by atoms with E-state index in [4.69, 9.17) is 0 Å². The Kier molecular flexibility index (Phi) is 2.66. The second-order valence-electron chi connectivity index (χ2n) is 3.46. The maximum Gasteiger partial charge on any atom is 0.117 e.